The van der Waals surface area contributed by atoms with Crippen molar-refractivity contribution >= 4 is 75.9 Å². The minimum atomic E-state index is -1.85. The molecule has 11 atom stereocenters. The number of methoxy groups -OCH3 is 2. The van der Waals surface area contributed by atoms with E-state index in [0.717, 1.165) is 5.57 Å². The Morgan fingerprint density at radius 1 is 0.802 bits per heavy atom. The summed E-state index contributed by atoms with van der Waals surface area (Å²) in [5.74, 6) is -7.42. The zero-order valence-electron chi connectivity index (χ0n) is 44.9. The maximum atomic E-state index is 15.3. The van der Waals surface area contributed by atoms with E-state index in [-0.39, 0.29) is 73.5 Å². The molecular formula is C56H64Cl2N8O14S. The number of primary amides is 1. The number of aliphatic hydroxyl groups excluding tert-OH is 3. The van der Waals surface area contributed by atoms with Gasteiger partial charge in [0, 0.05) is 25.0 Å². The van der Waals surface area contributed by atoms with Crippen LogP contribution in [0.15, 0.2) is 94.8 Å². The van der Waals surface area contributed by atoms with E-state index < -0.39 is 121 Å². The highest BCUT2D eigenvalue weighted by molar-refractivity contribution is 7.80. The van der Waals surface area contributed by atoms with Crippen LogP contribution in [0.25, 0.3) is 0 Å². The third-order valence-corrected chi connectivity index (χ3v) is 15.7. The van der Waals surface area contributed by atoms with E-state index in [1.807, 2.05) is 20.8 Å². The van der Waals surface area contributed by atoms with Crippen molar-refractivity contribution in [3.05, 3.63) is 122 Å². The molecule has 25 heteroatoms. The molecule has 0 aromatic heterocycles. The fourth-order valence-electron chi connectivity index (χ4n) is 10.5. The molecular weight excluding hydrogens is 1110 g/mol. The molecule has 22 nitrogen and oxygen atoms in total. The van der Waals surface area contributed by atoms with Gasteiger partial charge in [-0.05, 0) is 103 Å². The number of amides is 6. The highest BCUT2D eigenvalue weighted by Crippen LogP contribution is 2.47. The minimum Gasteiger partial charge on any atom is -0.502 e. The van der Waals surface area contributed by atoms with Crippen molar-refractivity contribution in [2.75, 3.05) is 27.9 Å². The first-order valence-electron chi connectivity index (χ1n) is 26.0. The number of likely N-dealkylation sites (N-methyl/N-ethyl adjacent to an activating group) is 1. The van der Waals surface area contributed by atoms with Gasteiger partial charge >= 0.3 is 0 Å². The first kappa shape index (κ1) is 60.0. The predicted molar refractivity (Wildman–Crippen MR) is 300 cm³/mol. The van der Waals surface area contributed by atoms with Crippen LogP contribution in [0.1, 0.15) is 81.4 Å². The molecule has 6 amide bonds. The molecule has 2 unspecified atom stereocenters. The van der Waals surface area contributed by atoms with E-state index in [4.69, 9.17) is 60.1 Å². The average Bonchev–Trinajstić information content (AvgIpc) is 3.61. The molecule has 5 heterocycles. The number of phenolic OH excluding ortho intramolecular Hbond substituents is 1. The van der Waals surface area contributed by atoms with Crippen LogP contribution in [-0.2, 0) is 38.2 Å². The molecule has 5 aliphatic heterocycles. The Morgan fingerprint density at radius 3 is 2.00 bits per heavy atom. The molecule has 1 fully saturated rings. The summed E-state index contributed by atoms with van der Waals surface area (Å²) in [4.78, 5) is 86.0. The van der Waals surface area contributed by atoms with Gasteiger partial charge in [-0.15, -0.1) is 0 Å². The molecule has 0 saturated carbocycles. The highest BCUT2D eigenvalue weighted by atomic mass is 35.5. The van der Waals surface area contributed by atoms with Gasteiger partial charge in [-0.1, -0.05) is 79.1 Å². The van der Waals surface area contributed by atoms with E-state index in [2.05, 4.69) is 37.2 Å². The van der Waals surface area contributed by atoms with Gasteiger partial charge in [0.1, 0.15) is 64.7 Å². The van der Waals surface area contributed by atoms with Gasteiger partial charge in [-0.25, -0.2) is 0 Å². The van der Waals surface area contributed by atoms with Crippen LogP contribution in [0.5, 0.6) is 28.7 Å². The van der Waals surface area contributed by atoms with Gasteiger partial charge in [0.05, 0.1) is 48.4 Å². The van der Waals surface area contributed by atoms with E-state index >= 15 is 4.79 Å². The lowest BCUT2D eigenvalue weighted by atomic mass is 9.73. The topological polar surface area (TPSA) is 330 Å². The van der Waals surface area contributed by atoms with Gasteiger partial charge in [0.2, 0.25) is 41.2 Å². The SMILES string of the molecule is CN[C@H](CC(C)C)C(=O)N[C@H]1C(=O)N[C@@H](CC(N)=O)C(=O)N[C@H]2C(=S)N[C@H]3C(=O)N[C@H](C(=O)N[C@H](CO)C4=CC(OC)CC(OC)=C4C4CC3=CC=C4C)[C@H](O)c3ccc(c(Cl)c3)Oc3cc2cc(c3O)Oc2ccc(cc2Cl)[C@H]1O. The van der Waals surface area contributed by atoms with Gasteiger partial charge < -0.3 is 82.3 Å². The van der Waals surface area contributed by atoms with E-state index in [1.54, 1.807) is 25.3 Å². The number of ether oxygens (including phenoxy) is 4. The summed E-state index contributed by atoms with van der Waals surface area (Å²) < 4.78 is 24.3. The molecule has 10 rings (SSSR count). The van der Waals surface area contributed by atoms with Crippen LogP contribution in [0, 0.1) is 11.8 Å². The number of allylic oxidation sites excluding steroid dienone is 3. The lowest BCUT2D eigenvalue weighted by Gasteiger charge is -2.38. The number of fused-ring (bicyclic) bond motifs is 15. The molecule has 0 radical (unpaired) electrons. The Bertz CT molecular complexity index is 3170. The number of hydrogen-bond donors (Lipinski definition) is 12. The van der Waals surface area contributed by atoms with Crippen molar-refractivity contribution in [2.45, 2.75) is 107 Å². The fourth-order valence-corrected chi connectivity index (χ4v) is 11.2. The molecule has 3 aromatic carbocycles. The lowest BCUT2D eigenvalue weighted by Crippen LogP contribution is -2.60. The minimum absolute atomic E-state index is 0.00358. The third kappa shape index (κ3) is 13.0. The van der Waals surface area contributed by atoms with Crippen LogP contribution in [-0.4, -0.2) is 131 Å². The maximum Gasteiger partial charge on any atom is 0.247 e. The number of aliphatic hydroxyl groups is 3. The molecule has 13 N–H and O–H groups in total. The Kier molecular flexibility index (Phi) is 18.8. The first-order valence-corrected chi connectivity index (χ1v) is 27.2. The quantitative estimate of drug-likeness (QED) is 0.129. The predicted octanol–water partition coefficient (Wildman–Crippen LogP) is 3.41. The number of halogens is 2. The number of carbonyl (C=O) groups is 6. The number of nitrogens with one attached hydrogen (secondary N) is 7. The van der Waals surface area contributed by atoms with Gasteiger partial charge in [-0.3, -0.25) is 28.8 Å². The van der Waals surface area contributed by atoms with Crippen molar-refractivity contribution in [1.82, 2.24) is 37.2 Å². The Morgan fingerprint density at radius 2 is 1.43 bits per heavy atom. The zero-order valence-corrected chi connectivity index (χ0v) is 47.3. The van der Waals surface area contributed by atoms with E-state index in [0.29, 0.717) is 28.9 Å². The summed E-state index contributed by atoms with van der Waals surface area (Å²) >= 11 is 19.9. The number of aromatic hydroxyl groups is 1. The molecule has 3 aromatic rings. The number of benzene rings is 3. The summed E-state index contributed by atoms with van der Waals surface area (Å²) in [6.07, 6.45) is 0.898. The Hall–Kier alpha value is -7.09. The first-order chi connectivity index (χ1) is 38.5. The number of rotatable bonds is 10. The molecule has 11 bridgehead atoms. The average molecular weight is 1180 g/mol. The van der Waals surface area contributed by atoms with Crippen LogP contribution < -0.4 is 52.4 Å². The standard InChI is InChI=1S/C56H64Cl2N8O14S/c1-23(2)13-34(60-4)51(72)64-46-48(69)26-9-11-37(32(57)15-26)79-40-17-28-18-41(50(40)71)80-38-12-10-27(16-33(38)58)49(70)47-55(76)62-36(22-67)31-19-29(77-5)20-39(78-6)43(31)30-14-25(8-7-24(30)3)44(53(74)65-47)66-56(81)45(28)63-52(73)35(21-42(59)68)61-54(46)75/h7-12,15-19,23,29-30,34-36,44-49,60,67,69-71H,13-14,20-22H2,1-6H3,(H2,59,68)(H,61,75)(H,62,76)(H,63,73)(H,64,72)(H,65,74)(H,66,81)/t29?,30?,34-,35+,36-,44-,45-,46-,47+,48-,49-/m1/s1. The van der Waals surface area contributed by atoms with Crippen LogP contribution in [0.3, 0.4) is 0 Å². The second kappa shape index (κ2) is 25.4. The van der Waals surface area contributed by atoms with Gasteiger partial charge in [0.25, 0.3) is 0 Å². The number of phenols is 1. The summed E-state index contributed by atoms with van der Waals surface area (Å²) in [6, 6.07) is -0.111. The normalized spacial score (nSPS) is 26.4. The van der Waals surface area contributed by atoms with Crippen molar-refractivity contribution in [3.63, 3.8) is 0 Å². The molecule has 0 spiro atoms. The van der Waals surface area contributed by atoms with Gasteiger partial charge in [0.15, 0.2) is 11.5 Å². The van der Waals surface area contributed by atoms with Crippen LogP contribution in [0.2, 0.25) is 10.0 Å². The van der Waals surface area contributed by atoms with E-state index in [1.165, 1.54) is 62.8 Å². The number of carbonyl (C=O) groups excluding carboxylic acids is 6. The second-order valence-corrected chi connectivity index (χ2v) is 21.9. The fraction of sp³-hybridized carbons (Fsp3) is 0.411. The molecule has 81 heavy (non-hydrogen) atoms. The monoisotopic (exact) mass is 1170 g/mol. The molecule has 432 valence electrons. The molecule has 7 aliphatic rings. The summed E-state index contributed by atoms with van der Waals surface area (Å²) in [6.45, 7) is 5.03. The van der Waals surface area contributed by atoms with Crippen LogP contribution >= 0.6 is 35.4 Å². The highest BCUT2D eigenvalue weighted by Gasteiger charge is 2.43. The number of hydrogen-bond acceptors (Lipinski definition) is 16. The van der Waals surface area contributed by atoms with Crippen LogP contribution in [0.4, 0.5) is 0 Å². The van der Waals surface area contributed by atoms with Crippen molar-refractivity contribution < 1.29 is 68.1 Å². The lowest BCUT2D eigenvalue weighted by molar-refractivity contribution is -0.136. The van der Waals surface area contributed by atoms with Crippen molar-refractivity contribution in [1.29, 1.82) is 0 Å². The smallest absolute Gasteiger partial charge is 0.247 e. The maximum absolute atomic E-state index is 15.3. The molecule has 2 aliphatic carbocycles. The Balaban J connectivity index is 1.33. The summed E-state index contributed by atoms with van der Waals surface area (Å²) in [5, 5.41) is 66.3. The van der Waals surface area contributed by atoms with Crippen molar-refractivity contribution in [2.24, 2.45) is 17.6 Å². The summed E-state index contributed by atoms with van der Waals surface area (Å²) in [5.41, 5.74) is 7.99. The zero-order chi connectivity index (χ0) is 58.7. The third-order valence-electron chi connectivity index (χ3n) is 14.8. The van der Waals surface area contributed by atoms with Crippen molar-refractivity contribution in [3.8, 4) is 28.7 Å². The summed E-state index contributed by atoms with van der Waals surface area (Å²) in [7, 11) is 4.55. The van der Waals surface area contributed by atoms with Gasteiger partial charge in [-0.2, -0.15) is 0 Å². The number of thiocarbonyl (C=S) groups is 1. The molecule has 1 saturated heterocycles. The largest absolute Gasteiger partial charge is 0.502 e. The number of nitrogens with two attached hydrogens (primary N) is 1. The van der Waals surface area contributed by atoms with E-state index in [9.17, 15) is 44.4 Å². The Labute approximate surface area is 481 Å². The second-order valence-electron chi connectivity index (χ2n) is 20.7.